The van der Waals surface area contributed by atoms with Crippen LogP contribution in [0.5, 0.6) is 0 Å². The predicted octanol–water partition coefficient (Wildman–Crippen LogP) is 0.803. The molecule has 0 spiro atoms. The third-order valence-corrected chi connectivity index (χ3v) is 4.64. The summed E-state index contributed by atoms with van der Waals surface area (Å²) in [6, 6.07) is -0.767. The Balaban J connectivity index is 2.26. The molecule has 1 saturated heterocycles. The van der Waals surface area contributed by atoms with Gasteiger partial charge in [0.05, 0.1) is 18.4 Å². The minimum Gasteiger partial charge on any atom is -0.395 e. The van der Waals surface area contributed by atoms with E-state index in [1.165, 1.54) is 9.80 Å². The molecule has 1 aliphatic carbocycles. The largest absolute Gasteiger partial charge is 0.395 e. The van der Waals surface area contributed by atoms with Crippen LogP contribution in [0.4, 0.5) is 0 Å². The summed E-state index contributed by atoms with van der Waals surface area (Å²) in [5, 5.41) is 9.04. The number of allylic oxidation sites excluding steroid dienone is 2. The van der Waals surface area contributed by atoms with Crippen molar-refractivity contribution in [2.75, 3.05) is 20.2 Å². The Morgan fingerprint density at radius 3 is 2.22 bits per heavy atom. The van der Waals surface area contributed by atoms with Gasteiger partial charge >= 0.3 is 0 Å². The number of aliphatic hydroxyl groups excluding tert-OH is 1. The Kier molecular flexibility index (Phi) is 5.57. The lowest BCUT2D eigenvalue weighted by Gasteiger charge is -2.30. The molecule has 2 rings (SSSR count). The molecule has 0 saturated carbocycles. The summed E-state index contributed by atoms with van der Waals surface area (Å²) in [6.07, 6.45) is 5.46. The Bertz CT molecular complexity index is 489. The van der Waals surface area contributed by atoms with Crippen molar-refractivity contribution in [1.29, 1.82) is 0 Å². The molecule has 0 unspecified atom stereocenters. The summed E-state index contributed by atoms with van der Waals surface area (Å²) in [5.41, 5.74) is 0. The maximum absolute atomic E-state index is 12.7. The van der Waals surface area contributed by atoms with Crippen molar-refractivity contribution in [1.82, 2.24) is 9.80 Å². The Morgan fingerprint density at radius 1 is 1.26 bits per heavy atom. The van der Waals surface area contributed by atoms with Gasteiger partial charge in [0.25, 0.3) is 0 Å². The van der Waals surface area contributed by atoms with E-state index < -0.39 is 6.04 Å². The predicted molar refractivity (Wildman–Crippen MR) is 85.2 cm³/mol. The molecule has 1 N–H and O–H groups in total. The van der Waals surface area contributed by atoms with Crippen LogP contribution in [0.25, 0.3) is 0 Å². The van der Waals surface area contributed by atoms with Gasteiger partial charge in [0.1, 0.15) is 6.04 Å². The number of hydrogen-bond acceptors (Lipinski definition) is 4. The lowest BCUT2D eigenvalue weighted by atomic mass is 9.85. The fourth-order valence-corrected chi connectivity index (χ4v) is 3.41. The molecule has 6 nitrogen and oxygen atoms in total. The molecule has 1 aliphatic heterocycles. The van der Waals surface area contributed by atoms with E-state index in [9.17, 15) is 14.4 Å². The molecule has 3 amide bonds. The second-order valence-electron chi connectivity index (χ2n) is 6.83. The number of nitrogens with zero attached hydrogens (tertiary/aromatic N) is 2. The van der Waals surface area contributed by atoms with Crippen molar-refractivity contribution < 1.29 is 19.5 Å². The van der Waals surface area contributed by atoms with Gasteiger partial charge in [-0.25, -0.2) is 0 Å². The molecule has 2 aliphatic rings. The van der Waals surface area contributed by atoms with Crippen molar-refractivity contribution in [3.8, 4) is 0 Å². The quantitative estimate of drug-likeness (QED) is 0.580. The van der Waals surface area contributed by atoms with Crippen LogP contribution in [-0.2, 0) is 14.4 Å². The Labute approximate surface area is 137 Å². The molecular weight excluding hydrogens is 296 g/mol. The first-order valence-electron chi connectivity index (χ1n) is 8.26. The number of carbonyl (C=O) groups is 3. The summed E-state index contributed by atoms with van der Waals surface area (Å²) < 4.78 is 0. The minimum atomic E-state index is -0.767. The van der Waals surface area contributed by atoms with Crippen LogP contribution in [0.3, 0.4) is 0 Å². The van der Waals surface area contributed by atoms with Gasteiger partial charge in [-0.05, 0) is 25.2 Å². The first-order valence-corrected chi connectivity index (χ1v) is 8.26. The zero-order chi connectivity index (χ0) is 17.1. The molecule has 0 aromatic rings. The van der Waals surface area contributed by atoms with E-state index in [0.717, 1.165) is 0 Å². The average Bonchev–Trinajstić information content (AvgIpc) is 2.76. The lowest BCUT2D eigenvalue weighted by Crippen LogP contribution is -2.51. The van der Waals surface area contributed by atoms with E-state index in [0.29, 0.717) is 19.3 Å². The van der Waals surface area contributed by atoms with Gasteiger partial charge in [0, 0.05) is 13.6 Å². The van der Waals surface area contributed by atoms with Gasteiger partial charge in [-0.15, -0.1) is 0 Å². The maximum Gasteiger partial charge on any atom is 0.245 e. The van der Waals surface area contributed by atoms with E-state index in [1.807, 2.05) is 26.0 Å². The van der Waals surface area contributed by atoms with Crippen LogP contribution in [0.1, 0.15) is 33.1 Å². The van der Waals surface area contributed by atoms with Crippen LogP contribution >= 0.6 is 0 Å². The number of hydrogen-bond donors (Lipinski definition) is 1. The number of likely N-dealkylation sites (tertiary alicyclic amines) is 1. The first kappa shape index (κ1) is 17.7. The summed E-state index contributed by atoms with van der Waals surface area (Å²) >= 11 is 0. The highest BCUT2D eigenvalue weighted by atomic mass is 16.3. The third kappa shape index (κ3) is 3.47. The average molecular weight is 322 g/mol. The number of fused-ring (bicyclic) bond motifs is 1. The van der Waals surface area contributed by atoms with Crippen molar-refractivity contribution in [2.24, 2.45) is 17.8 Å². The monoisotopic (exact) mass is 322 g/mol. The van der Waals surface area contributed by atoms with Crippen LogP contribution in [0.2, 0.25) is 0 Å². The van der Waals surface area contributed by atoms with Crippen LogP contribution in [0.15, 0.2) is 12.2 Å². The van der Waals surface area contributed by atoms with Crippen molar-refractivity contribution >= 4 is 17.7 Å². The van der Waals surface area contributed by atoms with E-state index in [1.54, 1.807) is 7.05 Å². The molecule has 6 heteroatoms. The van der Waals surface area contributed by atoms with E-state index in [2.05, 4.69) is 0 Å². The molecule has 0 bridgehead atoms. The fraction of sp³-hybridized carbons (Fsp3) is 0.706. The smallest absolute Gasteiger partial charge is 0.245 e. The highest BCUT2D eigenvalue weighted by molar-refractivity contribution is 6.08. The molecule has 0 aromatic heterocycles. The standard InChI is InChI=1S/C17H26N2O4/c1-11(2)10-14(17(23)18(3)8-9-20)19-15(21)12-6-4-5-7-13(12)16(19)22/h4-5,11-14,20H,6-10H2,1-3H3/t12-,13-,14-/m1/s1. The van der Waals surface area contributed by atoms with Crippen LogP contribution < -0.4 is 0 Å². The topological polar surface area (TPSA) is 77.9 Å². The van der Waals surface area contributed by atoms with E-state index in [-0.39, 0.29) is 48.6 Å². The number of aliphatic hydroxyl groups is 1. The highest BCUT2D eigenvalue weighted by Gasteiger charge is 2.51. The summed E-state index contributed by atoms with van der Waals surface area (Å²) in [7, 11) is 1.59. The van der Waals surface area contributed by atoms with Gasteiger partial charge in [0.15, 0.2) is 0 Å². The van der Waals surface area contributed by atoms with E-state index in [4.69, 9.17) is 5.11 Å². The lowest BCUT2D eigenvalue weighted by molar-refractivity contribution is -0.151. The molecule has 3 atom stereocenters. The molecule has 0 aromatic carbocycles. The zero-order valence-electron chi connectivity index (χ0n) is 14.1. The first-order chi connectivity index (χ1) is 10.9. The molecule has 1 fully saturated rings. The molecule has 0 radical (unpaired) electrons. The van der Waals surface area contributed by atoms with Gasteiger partial charge in [-0.2, -0.15) is 0 Å². The number of imide groups is 1. The minimum absolute atomic E-state index is 0.145. The van der Waals surface area contributed by atoms with Gasteiger partial charge in [-0.1, -0.05) is 26.0 Å². The third-order valence-electron chi connectivity index (χ3n) is 4.64. The van der Waals surface area contributed by atoms with Gasteiger partial charge < -0.3 is 10.0 Å². The van der Waals surface area contributed by atoms with Gasteiger partial charge in [-0.3, -0.25) is 19.3 Å². The van der Waals surface area contributed by atoms with Crippen LogP contribution in [0, 0.1) is 17.8 Å². The maximum atomic E-state index is 12.7. The summed E-state index contributed by atoms with van der Waals surface area (Å²) in [5.74, 6) is -1.19. The fourth-order valence-electron chi connectivity index (χ4n) is 3.41. The zero-order valence-corrected chi connectivity index (χ0v) is 14.1. The highest BCUT2D eigenvalue weighted by Crippen LogP contribution is 2.37. The SMILES string of the molecule is CC(C)C[C@H](C(=O)N(C)CCO)N1C(=O)[C@@H]2CC=CC[C@H]2C1=O. The molecule has 128 valence electrons. The van der Waals surface area contributed by atoms with Crippen LogP contribution in [-0.4, -0.2) is 58.9 Å². The number of rotatable bonds is 6. The summed E-state index contributed by atoms with van der Waals surface area (Å²) in [4.78, 5) is 40.7. The van der Waals surface area contributed by atoms with Crippen molar-refractivity contribution in [3.63, 3.8) is 0 Å². The molecular formula is C17H26N2O4. The Morgan fingerprint density at radius 2 is 1.78 bits per heavy atom. The molecule has 1 heterocycles. The second kappa shape index (κ2) is 7.25. The Hall–Kier alpha value is -1.69. The van der Waals surface area contributed by atoms with Gasteiger partial charge in [0.2, 0.25) is 17.7 Å². The number of carbonyl (C=O) groups excluding carboxylic acids is 3. The summed E-state index contributed by atoms with van der Waals surface area (Å²) in [6.45, 7) is 3.98. The number of amides is 3. The van der Waals surface area contributed by atoms with E-state index >= 15 is 0 Å². The van der Waals surface area contributed by atoms with Crippen molar-refractivity contribution in [3.05, 3.63) is 12.2 Å². The normalized spacial score (nSPS) is 25.0. The second-order valence-corrected chi connectivity index (χ2v) is 6.83. The van der Waals surface area contributed by atoms with Crippen molar-refractivity contribution in [2.45, 2.75) is 39.2 Å². The number of likely N-dealkylation sites (N-methyl/N-ethyl adjacent to an activating group) is 1. The molecule has 23 heavy (non-hydrogen) atoms.